The highest BCUT2D eigenvalue weighted by Gasteiger charge is 2.24. The van der Waals surface area contributed by atoms with E-state index in [1.54, 1.807) is 0 Å². The lowest BCUT2D eigenvalue weighted by molar-refractivity contribution is 0.0732. The van der Waals surface area contributed by atoms with Crippen molar-refractivity contribution in [1.29, 1.82) is 0 Å². The van der Waals surface area contributed by atoms with Crippen LogP contribution in [0.3, 0.4) is 0 Å². The third-order valence-electron chi connectivity index (χ3n) is 3.47. The zero-order chi connectivity index (χ0) is 16.0. The summed E-state index contributed by atoms with van der Waals surface area (Å²) in [6, 6.07) is 7.95. The van der Waals surface area contributed by atoms with Gasteiger partial charge in [0.2, 0.25) is 0 Å². The Morgan fingerprint density at radius 2 is 1.86 bits per heavy atom. The van der Waals surface area contributed by atoms with Crippen LogP contribution in [0.25, 0.3) is 0 Å². The molecule has 1 rings (SSSR count). The van der Waals surface area contributed by atoms with Crippen LogP contribution >= 0.6 is 0 Å². The van der Waals surface area contributed by atoms with E-state index >= 15 is 0 Å². The molecule has 3 heteroatoms. The van der Waals surface area contributed by atoms with Gasteiger partial charge in [0.05, 0.1) is 0 Å². The van der Waals surface area contributed by atoms with Crippen LogP contribution in [-0.2, 0) is 5.41 Å². The number of rotatable bonds is 6. The number of nitrogens with two attached hydrogens (primary N) is 1. The highest BCUT2D eigenvalue weighted by molar-refractivity contribution is 5.96. The summed E-state index contributed by atoms with van der Waals surface area (Å²) < 4.78 is 0. The lowest BCUT2D eigenvalue weighted by Crippen LogP contribution is -2.37. The Kier molecular flexibility index (Phi) is 6.41. The zero-order valence-electron chi connectivity index (χ0n) is 14.1. The number of amides is 1. The summed E-state index contributed by atoms with van der Waals surface area (Å²) in [6.45, 7) is 12.8. The molecule has 0 heterocycles. The van der Waals surface area contributed by atoms with E-state index in [-0.39, 0.29) is 11.3 Å². The van der Waals surface area contributed by atoms with E-state index in [0.717, 1.165) is 30.6 Å². The van der Waals surface area contributed by atoms with Crippen molar-refractivity contribution in [1.82, 2.24) is 4.90 Å². The third-order valence-corrected chi connectivity index (χ3v) is 3.47. The minimum Gasteiger partial charge on any atom is -0.338 e. The molecule has 0 spiro atoms. The van der Waals surface area contributed by atoms with Crippen molar-refractivity contribution in [2.45, 2.75) is 46.5 Å². The summed E-state index contributed by atoms with van der Waals surface area (Å²) >= 11 is 0. The number of benzene rings is 1. The van der Waals surface area contributed by atoms with Crippen molar-refractivity contribution in [2.75, 3.05) is 19.6 Å². The van der Waals surface area contributed by atoms with Gasteiger partial charge in [-0.05, 0) is 35.9 Å². The second-order valence-corrected chi connectivity index (χ2v) is 7.08. The van der Waals surface area contributed by atoms with E-state index in [2.05, 4.69) is 40.7 Å². The van der Waals surface area contributed by atoms with Crippen LogP contribution in [0.2, 0.25) is 0 Å². The van der Waals surface area contributed by atoms with Crippen LogP contribution in [-0.4, -0.2) is 30.4 Å². The maximum absolute atomic E-state index is 12.9. The average Bonchev–Trinajstić information content (AvgIpc) is 2.41. The lowest BCUT2D eigenvalue weighted by Gasteiger charge is -2.28. The van der Waals surface area contributed by atoms with Gasteiger partial charge in [-0.15, -0.1) is 0 Å². The first kappa shape index (κ1) is 17.7. The van der Waals surface area contributed by atoms with Crippen LogP contribution in [0.15, 0.2) is 24.3 Å². The van der Waals surface area contributed by atoms with Gasteiger partial charge in [-0.25, -0.2) is 0 Å². The van der Waals surface area contributed by atoms with Gasteiger partial charge in [0.15, 0.2) is 0 Å². The topological polar surface area (TPSA) is 46.3 Å². The molecular weight excluding hydrogens is 260 g/mol. The predicted molar refractivity (Wildman–Crippen MR) is 89.6 cm³/mol. The summed E-state index contributed by atoms with van der Waals surface area (Å²) in [5.41, 5.74) is 7.50. The zero-order valence-corrected chi connectivity index (χ0v) is 14.1. The van der Waals surface area contributed by atoms with Gasteiger partial charge in [0, 0.05) is 18.7 Å². The number of carbonyl (C=O) groups is 1. The first-order chi connectivity index (χ1) is 9.77. The second kappa shape index (κ2) is 7.60. The lowest BCUT2D eigenvalue weighted by atomic mass is 9.83. The fourth-order valence-corrected chi connectivity index (χ4v) is 2.49. The van der Waals surface area contributed by atoms with E-state index in [1.165, 1.54) is 0 Å². The van der Waals surface area contributed by atoms with Gasteiger partial charge in [-0.2, -0.15) is 0 Å². The Hall–Kier alpha value is -1.35. The molecule has 2 N–H and O–H groups in total. The SMILES string of the molecule is CC(C)CN(CCCN)C(=O)c1ccccc1C(C)(C)C. The molecule has 0 saturated carbocycles. The first-order valence-electron chi connectivity index (χ1n) is 7.86. The van der Waals surface area contributed by atoms with Gasteiger partial charge in [-0.1, -0.05) is 52.8 Å². The van der Waals surface area contributed by atoms with Crippen LogP contribution in [0.4, 0.5) is 0 Å². The summed E-state index contributed by atoms with van der Waals surface area (Å²) in [4.78, 5) is 14.9. The van der Waals surface area contributed by atoms with E-state index < -0.39 is 0 Å². The van der Waals surface area contributed by atoms with Crippen LogP contribution in [0.1, 0.15) is 57.0 Å². The van der Waals surface area contributed by atoms with Crippen molar-refractivity contribution in [3.8, 4) is 0 Å². The molecule has 21 heavy (non-hydrogen) atoms. The average molecular weight is 290 g/mol. The van der Waals surface area contributed by atoms with E-state index in [4.69, 9.17) is 5.73 Å². The molecule has 0 atom stereocenters. The Morgan fingerprint density at radius 1 is 1.24 bits per heavy atom. The molecule has 0 aromatic heterocycles. The predicted octanol–water partition coefficient (Wildman–Crippen LogP) is 3.43. The molecule has 3 nitrogen and oxygen atoms in total. The quantitative estimate of drug-likeness (QED) is 0.872. The van der Waals surface area contributed by atoms with E-state index in [0.29, 0.717) is 12.5 Å². The Labute approximate surface area is 129 Å². The number of hydrogen-bond acceptors (Lipinski definition) is 2. The van der Waals surface area contributed by atoms with Gasteiger partial charge < -0.3 is 10.6 Å². The molecule has 0 saturated heterocycles. The summed E-state index contributed by atoms with van der Waals surface area (Å²) in [6.07, 6.45) is 0.843. The Morgan fingerprint density at radius 3 is 2.38 bits per heavy atom. The van der Waals surface area contributed by atoms with Crippen molar-refractivity contribution >= 4 is 5.91 Å². The van der Waals surface area contributed by atoms with Crippen molar-refractivity contribution in [2.24, 2.45) is 11.7 Å². The second-order valence-electron chi connectivity index (χ2n) is 7.08. The Balaban J connectivity index is 3.08. The molecule has 1 aromatic rings. The minimum absolute atomic E-state index is 0.0381. The fraction of sp³-hybridized carbons (Fsp3) is 0.611. The molecule has 0 aliphatic carbocycles. The van der Waals surface area contributed by atoms with Crippen LogP contribution in [0.5, 0.6) is 0 Å². The monoisotopic (exact) mass is 290 g/mol. The molecule has 0 aliphatic rings. The molecule has 0 fully saturated rings. The van der Waals surface area contributed by atoms with Gasteiger partial charge in [-0.3, -0.25) is 4.79 Å². The highest BCUT2D eigenvalue weighted by atomic mass is 16.2. The standard InChI is InChI=1S/C18H30N2O/c1-14(2)13-20(12-8-11-19)17(21)15-9-6-7-10-16(15)18(3,4)5/h6-7,9-10,14H,8,11-13,19H2,1-5H3. The van der Waals surface area contributed by atoms with Gasteiger partial charge >= 0.3 is 0 Å². The van der Waals surface area contributed by atoms with Crippen molar-refractivity contribution in [3.05, 3.63) is 35.4 Å². The number of hydrogen-bond donors (Lipinski definition) is 1. The van der Waals surface area contributed by atoms with Crippen molar-refractivity contribution in [3.63, 3.8) is 0 Å². The molecule has 118 valence electrons. The number of carbonyl (C=O) groups excluding carboxylic acids is 1. The van der Waals surface area contributed by atoms with Gasteiger partial charge in [0.1, 0.15) is 0 Å². The summed E-state index contributed by atoms with van der Waals surface area (Å²) in [7, 11) is 0. The normalized spacial score (nSPS) is 11.8. The maximum atomic E-state index is 12.9. The van der Waals surface area contributed by atoms with Gasteiger partial charge in [0.25, 0.3) is 5.91 Å². The highest BCUT2D eigenvalue weighted by Crippen LogP contribution is 2.26. The van der Waals surface area contributed by atoms with Crippen LogP contribution in [0, 0.1) is 5.92 Å². The molecule has 0 bridgehead atoms. The summed E-state index contributed by atoms with van der Waals surface area (Å²) in [5, 5.41) is 0. The third kappa shape index (κ3) is 5.16. The largest absolute Gasteiger partial charge is 0.338 e. The number of nitrogens with zero attached hydrogens (tertiary/aromatic N) is 1. The maximum Gasteiger partial charge on any atom is 0.254 e. The van der Waals surface area contributed by atoms with Crippen molar-refractivity contribution < 1.29 is 4.79 Å². The Bertz CT molecular complexity index is 461. The molecule has 0 radical (unpaired) electrons. The smallest absolute Gasteiger partial charge is 0.254 e. The van der Waals surface area contributed by atoms with E-state index in [1.807, 2.05) is 23.1 Å². The summed E-state index contributed by atoms with van der Waals surface area (Å²) in [5.74, 6) is 0.580. The first-order valence-corrected chi connectivity index (χ1v) is 7.86. The molecular formula is C18H30N2O. The molecule has 1 amide bonds. The fourth-order valence-electron chi connectivity index (χ4n) is 2.49. The van der Waals surface area contributed by atoms with E-state index in [9.17, 15) is 4.79 Å². The molecule has 0 aliphatic heterocycles. The molecule has 1 aromatic carbocycles. The molecule has 0 unspecified atom stereocenters. The van der Waals surface area contributed by atoms with Crippen LogP contribution < -0.4 is 5.73 Å². The minimum atomic E-state index is -0.0381.